The average Bonchev–Trinajstić information content (AvgIpc) is 3.10. The van der Waals surface area contributed by atoms with Crippen molar-refractivity contribution in [3.8, 4) is 5.75 Å². The van der Waals surface area contributed by atoms with Crippen LogP contribution in [0, 0.1) is 17.7 Å². The van der Waals surface area contributed by atoms with Gasteiger partial charge in [0.1, 0.15) is 18.2 Å². The zero-order chi connectivity index (χ0) is 17.6. The summed E-state index contributed by atoms with van der Waals surface area (Å²) in [7, 11) is 0. The molecule has 1 fully saturated rings. The van der Waals surface area contributed by atoms with Crippen LogP contribution in [0.15, 0.2) is 48.5 Å². The lowest BCUT2D eigenvalue weighted by atomic mass is 9.95. The summed E-state index contributed by atoms with van der Waals surface area (Å²) >= 11 is 0. The molecule has 0 saturated heterocycles. The molecular weight excluding hydrogens is 319 g/mol. The van der Waals surface area contributed by atoms with Gasteiger partial charge in [-0.3, -0.25) is 4.79 Å². The van der Waals surface area contributed by atoms with Crippen LogP contribution < -0.4 is 15.8 Å². The van der Waals surface area contributed by atoms with Crippen molar-refractivity contribution < 1.29 is 13.9 Å². The van der Waals surface area contributed by atoms with E-state index in [4.69, 9.17) is 10.5 Å². The van der Waals surface area contributed by atoms with Crippen LogP contribution in [0.1, 0.15) is 24.8 Å². The normalized spacial score (nSPS) is 19.6. The van der Waals surface area contributed by atoms with Crippen molar-refractivity contribution in [3.05, 3.63) is 59.9 Å². The van der Waals surface area contributed by atoms with Gasteiger partial charge in [0, 0.05) is 17.7 Å². The van der Waals surface area contributed by atoms with Crippen molar-refractivity contribution in [1.82, 2.24) is 0 Å². The number of nitrogens with one attached hydrogen (secondary N) is 1. The first-order chi connectivity index (χ1) is 12.2. The molecule has 4 nitrogen and oxygen atoms in total. The second-order valence-electron chi connectivity index (χ2n) is 6.47. The smallest absolute Gasteiger partial charge is 0.227 e. The van der Waals surface area contributed by atoms with E-state index in [0.29, 0.717) is 24.6 Å². The monoisotopic (exact) mass is 342 g/mol. The molecule has 132 valence electrons. The molecule has 0 unspecified atom stereocenters. The SMILES string of the molecule is NC[C@H]1CCC[C@H]1C(=O)Nc1cccc(OCc2ccc(F)cc2)c1. The van der Waals surface area contributed by atoms with Gasteiger partial charge in [-0.25, -0.2) is 4.39 Å². The van der Waals surface area contributed by atoms with Crippen molar-refractivity contribution in [2.45, 2.75) is 25.9 Å². The highest BCUT2D eigenvalue weighted by atomic mass is 19.1. The number of hydrogen-bond donors (Lipinski definition) is 2. The largest absolute Gasteiger partial charge is 0.489 e. The van der Waals surface area contributed by atoms with E-state index in [1.165, 1.54) is 12.1 Å². The van der Waals surface area contributed by atoms with Crippen molar-refractivity contribution in [3.63, 3.8) is 0 Å². The van der Waals surface area contributed by atoms with Crippen LogP contribution in [0.3, 0.4) is 0 Å². The summed E-state index contributed by atoms with van der Waals surface area (Å²) in [5.41, 5.74) is 7.35. The number of carbonyl (C=O) groups excluding carboxylic acids is 1. The second kappa shape index (κ2) is 8.12. The van der Waals surface area contributed by atoms with Crippen LogP contribution >= 0.6 is 0 Å². The Morgan fingerprint density at radius 2 is 2.00 bits per heavy atom. The van der Waals surface area contributed by atoms with Gasteiger partial charge < -0.3 is 15.8 Å². The fourth-order valence-corrected chi connectivity index (χ4v) is 3.31. The maximum atomic E-state index is 12.9. The number of hydrogen-bond acceptors (Lipinski definition) is 3. The molecule has 1 saturated carbocycles. The number of rotatable bonds is 6. The van der Waals surface area contributed by atoms with Crippen LogP contribution in [-0.4, -0.2) is 12.5 Å². The first kappa shape index (κ1) is 17.4. The van der Waals surface area contributed by atoms with Crippen molar-refractivity contribution in [1.29, 1.82) is 0 Å². The average molecular weight is 342 g/mol. The third-order valence-corrected chi connectivity index (χ3v) is 4.72. The Hall–Kier alpha value is -2.40. The van der Waals surface area contributed by atoms with Gasteiger partial charge in [-0.2, -0.15) is 0 Å². The summed E-state index contributed by atoms with van der Waals surface area (Å²) in [5.74, 6) is 0.690. The molecule has 0 aromatic heterocycles. The molecule has 0 heterocycles. The zero-order valence-electron chi connectivity index (χ0n) is 14.1. The molecule has 0 bridgehead atoms. The van der Waals surface area contributed by atoms with Gasteiger partial charge in [-0.1, -0.05) is 24.6 Å². The highest BCUT2D eigenvalue weighted by Gasteiger charge is 2.31. The lowest BCUT2D eigenvalue weighted by molar-refractivity contribution is -0.120. The maximum Gasteiger partial charge on any atom is 0.227 e. The minimum atomic E-state index is -0.267. The number of nitrogens with two attached hydrogens (primary N) is 1. The van der Waals surface area contributed by atoms with E-state index in [2.05, 4.69) is 5.32 Å². The fraction of sp³-hybridized carbons (Fsp3) is 0.350. The minimum absolute atomic E-state index is 0.00575. The number of halogens is 1. The molecule has 0 aliphatic heterocycles. The van der Waals surface area contributed by atoms with Crippen molar-refractivity contribution in [2.75, 3.05) is 11.9 Å². The van der Waals surface area contributed by atoms with Gasteiger partial charge in [0.15, 0.2) is 0 Å². The van der Waals surface area contributed by atoms with E-state index in [0.717, 1.165) is 24.8 Å². The third-order valence-electron chi connectivity index (χ3n) is 4.72. The molecule has 25 heavy (non-hydrogen) atoms. The number of benzene rings is 2. The maximum absolute atomic E-state index is 12.9. The van der Waals surface area contributed by atoms with E-state index in [1.54, 1.807) is 18.2 Å². The van der Waals surface area contributed by atoms with E-state index in [1.807, 2.05) is 18.2 Å². The van der Waals surface area contributed by atoms with Gasteiger partial charge in [0.05, 0.1) is 0 Å². The Labute approximate surface area is 147 Å². The summed E-state index contributed by atoms with van der Waals surface area (Å²) in [4.78, 5) is 12.5. The summed E-state index contributed by atoms with van der Waals surface area (Å²) in [6, 6.07) is 13.5. The van der Waals surface area contributed by atoms with Crippen LogP contribution in [-0.2, 0) is 11.4 Å². The molecule has 3 N–H and O–H groups in total. The van der Waals surface area contributed by atoms with Crippen LogP contribution in [0.2, 0.25) is 0 Å². The zero-order valence-corrected chi connectivity index (χ0v) is 14.1. The molecule has 1 amide bonds. The number of carbonyl (C=O) groups is 1. The Balaban J connectivity index is 1.59. The third kappa shape index (κ3) is 4.57. The fourth-order valence-electron chi connectivity index (χ4n) is 3.31. The lowest BCUT2D eigenvalue weighted by Gasteiger charge is -2.17. The van der Waals surface area contributed by atoms with E-state index >= 15 is 0 Å². The Morgan fingerprint density at radius 3 is 2.76 bits per heavy atom. The molecule has 2 aromatic rings. The molecule has 5 heteroatoms. The summed E-state index contributed by atoms with van der Waals surface area (Å²) < 4.78 is 18.6. The second-order valence-corrected chi connectivity index (χ2v) is 6.47. The summed E-state index contributed by atoms with van der Waals surface area (Å²) in [5, 5.41) is 2.97. The lowest BCUT2D eigenvalue weighted by Crippen LogP contribution is -2.29. The minimum Gasteiger partial charge on any atom is -0.489 e. The number of amides is 1. The predicted octanol–water partition coefficient (Wildman–Crippen LogP) is 3.72. The molecule has 2 aromatic carbocycles. The molecular formula is C20H23FN2O2. The number of ether oxygens (including phenoxy) is 1. The van der Waals surface area contributed by atoms with E-state index in [-0.39, 0.29) is 23.6 Å². The molecule has 2 atom stereocenters. The Morgan fingerprint density at radius 1 is 1.20 bits per heavy atom. The van der Waals surface area contributed by atoms with Gasteiger partial charge >= 0.3 is 0 Å². The molecule has 0 spiro atoms. The van der Waals surface area contributed by atoms with Gasteiger partial charge in [0.2, 0.25) is 5.91 Å². The van der Waals surface area contributed by atoms with E-state index in [9.17, 15) is 9.18 Å². The highest BCUT2D eigenvalue weighted by Crippen LogP contribution is 2.32. The first-order valence-electron chi connectivity index (χ1n) is 8.64. The summed E-state index contributed by atoms with van der Waals surface area (Å²) in [6.07, 6.45) is 2.98. The van der Waals surface area contributed by atoms with Crippen molar-refractivity contribution in [2.24, 2.45) is 17.6 Å². The standard InChI is InChI=1S/C20H23FN2O2/c21-16-9-7-14(8-10-16)13-25-18-5-2-4-17(11-18)23-20(24)19-6-1-3-15(19)12-22/h2,4-5,7-11,15,19H,1,3,6,12-13,22H2,(H,23,24)/t15-,19-/m1/s1. The van der Waals surface area contributed by atoms with E-state index < -0.39 is 0 Å². The van der Waals surface area contributed by atoms with Crippen molar-refractivity contribution >= 4 is 11.6 Å². The first-order valence-corrected chi connectivity index (χ1v) is 8.64. The topological polar surface area (TPSA) is 64.4 Å². The molecule has 0 radical (unpaired) electrons. The molecule has 3 rings (SSSR count). The molecule has 1 aliphatic rings. The highest BCUT2D eigenvalue weighted by molar-refractivity contribution is 5.93. The molecule has 1 aliphatic carbocycles. The van der Waals surface area contributed by atoms with Gasteiger partial charge in [-0.05, 0) is 55.1 Å². The van der Waals surface area contributed by atoms with Crippen LogP contribution in [0.4, 0.5) is 10.1 Å². The summed E-state index contributed by atoms with van der Waals surface area (Å²) in [6.45, 7) is 0.897. The van der Waals surface area contributed by atoms with Crippen LogP contribution in [0.5, 0.6) is 5.75 Å². The Kier molecular flexibility index (Phi) is 5.66. The number of anilines is 1. The Bertz CT molecular complexity index is 718. The van der Waals surface area contributed by atoms with Gasteiger partial charge in [0.25, 0.3) is 0 Å². The predicted molar refractivity (Wildman–Crippen MR) is 95.7 cm³/mol. The van der Waals surface area contributed by atoms with Crippen LogP contribution in [0.25, 0.3) is 0 Å². The quantitative estimate of drug-likeness (QED) is 0.841. The van der Waals surface area contributed by atoms with Gasteiger partial charge in [-0.15, -0.1) is 0 Å².